The molecule has 1 aromatic heterocycles. The van der Waals surface area contributed by atoms with Gasteiger partial charge in [0.1, 0.15) is 5.54 Å². The van der Waals surface area contributed by atoms with Gasteiger partial charge in [-0.3, -0.25) is 19.4 Å². The van der Waals surface area contributed by atoms with E-state index in [1.807, 2.05) is 4.90 Å². The first-order chi connectivity index (χ1) is 14.9. The van der Waals surface area contributed by atoms with Gasteiger partial charge in [0.25, 0.3) is 0 Å². The van der Waals surface area contributed by atoms with Gasteiger partial charge in [0, 0.05) is 50.6 Å². The van der Waals surface area contributed by atoms with Crippen LogP contribution in [-0.2, 0) is 19.9 Å². The van der Waals surface area contributed by atoms with Crippen LogP contribution in [-0.4, -0.2) is 53.7 Å². The number of carbonyl (C=O) groups excluding carboxylic acids is 3. The van der Waals surface area contributed by atoms with Crippen molar-refractivity contribution in [1.29, 1.82) is 0 Å². The Balaban J connectivity index is 1.39. The van der Waals surface area contributed by atoms with Gasteiger partial charge in [-0.15, -0.1) is 0 Å². The van der Waals surface area contributed by atoms with E-state index in [4.69, 9.17) is 0 Å². The molecule has 1 unspecified atom stereocenters. The molecule has 1 N–H and O–H groups in total. The minimum Gasteiger partial charge on any atom is -0.368 e. The summed E-state index contributed by atoms with van der Waals surface area (Å²) >= 11 is 0. The number of benzene rings is 1. The minimum atomic E-state index is -1.28. The molecule has 31 heavy (non-hydrogen) atoms. The van der Waals surface area contributed by atoms with Gasteiger partial charge in [0.15, 0.2) is 17.4 Å². The number of hydrogen-bond donors (Lipinski definition) is 1. The van der Waals surface area contributed by atoms with Crippen molar-refractivity contribution in [2.45, 2.75) is 24.8 Å². The summed E-state index contributed by atoms with van der Waals surface area (Å²) in [6.07, 6.45) is 1.54. The summed E-state index contributed by atoms with van der Waals surface area (Å²) in [5.41, 5.74) is -0.275. The minimum absolute atomic E-state index is 0.0772. The molecule has 1 aromatic carbocycles. The van der Waals surface area contributed by atoms with Crippen molar-refractivity contribution < 1.29 is 23.2 Å². The van der Waals surface area contributed by atoms with E-state index in [9.17, 15) is 23.2 Å². The summed E-state index contributed by atoms with van der Waals surface area (Å²) in [6, 6.07) is 8.89. The van der Waals surface area contributed by atoms with Gasteiger partial charge in [-0.1, -0.05) is 6.07 Å². The molecule has 1 atom stereocenters. The lowest BCUT2D eigenvalue weighted by Crippen LogP contribution is -2.50. The summed E-state index contributed by atoms with van der Waals surface area (Å²) in [5, 5.41) is 2.73. The molecule has 9 heteroatoms. The average molecular weight is 428 g/mol. The molecular weight excluding hydrogens is 406 g/mol. The molecule has 2 aliphatic heterocycles. The third-order valence-corrected chi connectivity index (χ3v) is 5.87. The van der Waals surface area contributed by atoms with E-state index in [0.29, 0.717) is 37.6 Å². The van der Waals surface area contributed by atoms with Gasteiger partial charge < -0.3 is 15.1 Å². The van der Waals surface area contributed by atoms with Gasteiger partial charge in [-0.25, -0.2) is 8.78 Å². The number of nitrogens with zero attached hydrogens (tertiary/aromatic N) is 3. The molecule has 0 radical (unpaired) electrons. The third kappa shape index (κ3) is 4.12. The van der Waals surface area contributed by atoms with E-state index in [2.05, 4.69) is 10.3 Å². The molecule has 2 saturated heterocycles. The predicted octanol–water partition coefficient (Wildman–Crippen LogP) is 1.77. The number of piperazine rings is 1. The van der Waals surface area contributed by atoms with Crippen LogP contribution in [0.2, 0.25) is 0 Å². The topological polar surface area (TPSA) is 82.6 Å². The normalized spacial score (nSPS) is 21.4. The van der Waals surface area contributed by atoms with Crippen LogP contribution < -0.4 is 10.2 Å². The van der Waals surface area contributed by atoms with Crippen molar-refractivity contribution in [1.82, 2.24) is 15.2 Å². The fourth-order valence-electron chi connectivity index (χ4n) is 4.15. The number of aromatic nitrogens is 1. The molecule has 2 amide bonds. The van der Waals surface area contributed by atoms with Crippen LogP contribution in [0.3, 0.4) is 0 Å². The van der Waals surface area contributed by atoms with E-state index >= 15 is 0 Å². The smallest absolute Gasteiger partial charge is 0.228 e. The summed E-state index contributed by atoms with van der Waals surface area (Å²) in [6.45, 7) is 1.82. The van der Waals surface area contributed by atoms with Crippen molar-refractivity contribution in [3.05, 3.63) is 59.9 Å². The number of amides is 2. The lowest BCUT2D eigenvalue weighted by molar-refractivity contribution is -0.132. The first-order valence-electron chi connectivity index (χ1n) is 10.1. The first kappa shape index (κ1) is 20.9. The Morgan fingerprint density at radius 3 is 2.45 bits per heavy atom. The van der Waals surface area contributed by atoms with Crippen LogP contribution in [0.25, 0.3) is 0 Å². The highest BCUT2D eigenvalue weighted by Gasteiger charge is 2.48. The summed E-state index contributed by atoms with van der Waals surface area (Å²) < 4.78 is 26.6. The number of pyridine rings is 1. The standard InChI is InChI=1S/C22H22F2N4O3/c23-16-5-4-15(13-17(16)24)27-9-11-28(12-10-27)21(31)6-7-22(18-3-1-2-8-25-18)19(29)14-20(30)26-22/h1-5,8,13H,6-7,9-12,14H2,(H,26,30). The molecule has 0 aliphatic carbocycles. The average Bonchev–Trinajstić information content (AvgIpc) is 3.08. The number of nitrogens with one attached hydrogen (secondary N) is 1. The maximum atomic E-state index is 13.5. The second kappa shape index (κ2) is 8.41. The van der Waals surface area contributed by atoms with Crippen molar-refractivity contribution in [2.75, 3.05) is 31.1 Å². The molecule has 0 spiro atoms. The van der Waals surface area contributed by atoms with E-state index in [1.165, 1.54) is 6.07 Å². The van der Waals surface area contributed by atoms with E-state index in [0.717, 1.165) is 12.1 Å². The molecule has 2 aromatic rings. The molecular formula is C22H22F2N4O3. The quantitative estimate of drug-likeness (QED) is 0.734. The molecule has 4 rings (SSSR count). The highest BCUT2D eigenvalue weighted by molar-refractivity contribution is 6.10. The molecule has 2 aliphatic rings. The first-order valence-corrected chi connectivity index (χ1v) is 10.1. The maximum Gasteiger partial charge on any atom is 0.228 e. The van der Waals surface area contributed by atoms with E-state index in [1.54, 1.807) is 29.3 Å². The van der Waals surface area contributed by atoms with Gasteiger partial charge in [0.05, 0.1) is 12.1 Å². The molecule has 0 saturated carbocycles. The van der Waals surface area contributed by atoms with Crippen LogP contribution in [0.1, 0.15) is 25.0 Å². The zero-order valence-corrected chi connectivity index (χ0v) is 16.8. The molecule has 7 nitrogen and oxygen atoms in total. The number of halogens is 2. The number of hydrogen-bond acceptors (Lipinski definition) is 5. The number of carbonyl (C=O) groups is 3. The number of anilines is 1. The molecule has 3 heterocycles. The van der Waals surface area contributed by atoms with Gasteiger partial charge in [-0.05, 0) is 30.7 Å². The fraction of sp³-hybridized carbons (Fsp3) is 0.364. The van der Waals surface area contributed by atoms with Gasteiger partial charge in [0.2, 0.25) is 11.8 Å². The van der Waals surface area contributed by atoms with Crippen molar-refractivity contribution in [3.63, 3.8) is 0 Å². The Labute approximate surface area is 178 Å². The molecule has 0 bridgehead atoms. The highest BCUT2D eigenvalue weighted by atomic mass is 19.2. The Hall–Kier alpha value is -3.36. The van der Waals surface area contributed by atoms with Crippen LogP contribution in [0.15, 0.2) is 42.6 Å². The zero-order chi connectivity index (χ0) is 22.0. The number of Topliss-reactive ketones (excluding diaryl/α,β-unsaturated/α-hetero) is 1. The van der Waals surface area contributed by atoms with Crippen molar-refractivity contribution in [3.8, 4) is 0 Å². The molecule has 2 fully saturated rings. The summed E-state index contributed by atoms with van der Waals surface area (Å²) in [4.78, 5) is 45.2. The molecule has 162 valence electrons. The van der Waals surface area contributed by atoms with Crippen LogP contribution in [0.4, 0.5) is 14.5 Å². The largest absolute Gasteiger partial charge is 0.368 e. The van der Waals surface area contributed by atoms with Crippen LogP contribution in [0.5, 0.6) is 0 Å². The fourth-order valence-corrected chi connectivity index (χ4v) is 4.15. The van der Waals surface area contributed by atoms with E-state index in [-0.39, 0.29) is 36.9 Å². The van der Waals surface area contributed by atoms with E-state index < -0.39 is 17.2 Å². The summed E-state index contributed by atoms with van der Waals surface area (Å²) in [7, 11) is 0. The second-order valence-electron chi connectivity index (χ2n) is 7.73. The van der Waals surface area contributed by atoms with Crippen LogP contribution in [0, 0.1) is 11.6 Å². The van der Waals surface area contributed by atoms with Gasteiger partial charge in [-0.2, -0.15) is 0 Å². The predicted molar refractivity (Wildman–Crippen MR) is 108 cm³/mol. The van der Waals surface area contributed by atoms with Gasteiger partial charge >= 0.3 is 0 Å². The maximum absolute atomic E-state index is 13.5. The Morgan fingerprint density at radius 2 is 1.84 bits per heavy atom. The zero-order valence-electron chi connectivity index (χ0n) is 16.8. The second-order valence-corrected chi connectivity index (χ2v) is 7.73. The number of rotatable bonds is 5. The Kier molecular flexibility index (Phi) is 5.67. The lowest BCUT2D eigenvalue weighted by Gasteiger charge is -2.36. The SMILES string of the molecule is O=C1CC(=O)C(CCC(=O)N2CCN(c3ccc(F)c(F)c3)CC2)(c2ccccn2)N1. The van der Waals surface area contributed by atoms with Crippen LogP contribution >= 0.6 is 0 Å². The van der Waals surface area contributed by atoms with Crippen molar-refractivity contribution >= 4 is 23.3 Å². The third-order valence-electron chi connectivity index (χ3n) is 5.87. The lowest BCUT2D eigenvalue weighted by atomic mass is 9.86. The Morgan fingerprint density at radius 1 is 1.06 bits per heavy atom. The van der Waals surface area contributed by atoms with Crippen molar-refractivity contribution in [2.24, 2.45) is 0 Å². The monoisotopic (exact) mass is 428 g/mol. The highest BCUT2D eigenvalue weighted by Crippen LogP contribution is 2.32. The number of ketones is 1. The Bertz CT molecular complexity index is 1010. The summed E-state index contributed by atoms with van der Waals surface area (Å²) in [5.74, 6) is -2.59.